The van der Waals surface area contributed by atoms with Crippen LogP contribution in [0.4, 0.5) is 0 Å². The molecule has 0 heterocycles. The van der Waals surface area contributed by atoms with Crippen molar-refractivity contribution in [3.05, 3.63) is 0 Å². The van der Waals surface area contributed by atoms with Gasteiger partial charge in [0.15, 0.2) is 11.0 Å². The first-order chi connectivity index (χ1) is 8.09. The number of Topliss-reactive ketones (excluding diaryl/α,β-unsaturated/α-hetero) is 1. The van der Waals surface area contributed by atoms with Gasteiger partial charge in [-0.05, 0) is 0 Å². The Morgan fingerprint density at radius 2 is 1.83 bits per heavy atom. The molecular weight excluding hydrogens is 268 g/mol. The number of carboxylic acids is 1. The minimum Gasteiger partial charge on any atom is -0.481 e. The van der Waals surface area contributed by atoms with Crippen LogP contribution in [-0.2, 0) is 24.5 Å². The Bertz CT molecular complexity index is 428. The third kappa shape index (κ3) is 5.21. The number of carbonyl (C=O) groups excluding carboxylic acids is 2. The highest BCUT2D eigenvalue weighted by Gasteiger charge is 2.36. The van der Waals surface area contributed by atoms with E-state index in [4.69, 9.17) is 15.4 Å². The normalized spacial score (nSPS) is 14.6. The average molecular weight is 282 g/mol. The predicted molar refractivity (Wildman–Crippen MR) is 59.3 cm³/mol. The smallest absolute Gasteiger partial charge is 0.305 e. The largest absolute Gasteiger partial charge is 0.481 e. The summed E-state index contributed by atoms with van der Waals surface area (Å²) in [6.45, 7) is 0.320. The van der Waals surface area contributed by atoms with Crippen LogP contribution < -0.4 is 11.1 Å². The summed E-state index contributed by atoms with van der Waals surface area (Å²) in [4.78, 5) is 33.0. The second-order valence-corrected chi connectivity index (χ2v) is 5.09. The summed E-state index contributed by atoms with van der Waals surface area (Å²) in [7, 11) is -4.75. The van der Waals surface area contributed by atoms with Gasteiger partial charge in [-0.15, -0.1) is 0 Å². The van der Waals surface area contributed by atoms with Gasteiger partial charge in [-0.1, -0.05) is 0 Å². The lowest BCUT2D eigenvalue weighted by Crippen LogP contribution is -2.50. The summed E-state index contributed by atoms with van der Waals surface area (Å²) in [5.41, 5.74) is 5.04. The van der Waals surface area contributed by atoms with Gasteiger partial charge in [0.05, 0.1) is 12.5 Å². The molecule has 0 saturated heterocycles. The molecule has 0 aromatic carbocycles. The number of hydrogen-bond donors (Lipinski definition) is 4. The molecule has 0 aromatic rings. The molecule has 0 radical (unpaired) electrons. The zero-order valence-electron chi connectivity index (χ0n) is 9.49. The first kappa shape index (κ1) is 16.5. The Morgan fingerprint density at radius 1 is 1.33 bits per heavy atom. The quantitative estimate of drug-likeness (QED) is 0.380. The molecule has 0 aromatic heterocycles. The first-order valence-electron chi connectivity index (χ1n) is 4.78. The number of aliphatic carboxylic acids is 1. The summed E-state index contributed by atoms with van der Waals surface area (Å²) < 4.78 is 30.5. The number of rotatable bonds is 7. The van der Waals surface area contributed by atoms with Crippen molar-refractivity contribution >= 4 is 27.8 Å². The predicted octanol–water partition coefficient (Wildman–Crippen LogP) is -2.25. The first-order valence-corrected chi connectivity index (χ1v) is 6.29. The van der Waals surface area contributed by atoms with Gasteiger partial charge in [-0.3, -0.25) is 18.9 Å². The Hall–Kier alpha value is -1.52. The number of carbonyl (C=O) groups is 3. The molecule has 0 saturated carbocycles. The highest BCUT2D eigenvalue weighted by atomic mass is 32.2. The van der Waals surface area contributed by atoms with Crippen molar-refractivity contribution in [2.75, 3.05) is 6.54 Å². The van der Waals surface area contributed by atoms with Gasteiger partial charge in [0.1, 0.15) is 0 Å². The molecule has 0 spiro atoms. The fourth-order valence-corrected chi connectivity index (χ4v) is 1.95. The lowest BCUT2D eigenvalue weighted by Gasteiger charge is -2.18. The molecule has 0 bridgehead atoms. The monoisotopic (exact) mass is 282 g/mol. The maximum Gasteiger partial charge on any atom is 0.305 e. The van der Waals surface area contributed by atoms with Crippen molar-refractivity contribution in [3.8, 4) is 0 Å². The number of amides is 1. The molecule has 9 nitrogen and oxygen atoms in total. The van der Waals surface area contributed by atoms with Crippen LogP contribution in [0, 0.1) is 0 Å². The van der Waals surface area contributed by atoms with Crippen LogP contribution in [0.5, 0.6) is 0 Å². The molecule has 0 aliphatic heterocycles. The SMILES string of the molecule is CC(=O)NC(CC(=O)O)C(=O)C(CN)S(=O)(=O)O. The van der Waals surface area contributed by atoms with E-state index < -0.39 is 52.0 Å². The zero-order chi connectivity index (χ0) is 14.5. The molecular formula is C8H14N2O7S. The van der Waals surface area contributed by atoms with Crippen molar-refractivity contribution < 1.29 is 32.5 Å². The van der Waals surface area contributed by atoms with Crippen LogP contribution in [0.1, 0.15) is 13.3 Å². The number of nitrogens with two attached hydrogens (primary N) is 1. The van der Waals surface area contributed by atoms with E-state index in [1.807, 2.05) is 5.32 Å². The lowest BCUT2D eigenvalue weighted by atomic mass is 10.1. The van der Waals surface area contributed by atoms with Crippen LogP contribution in [0.2, 0.25) is 0 Å². The van der Waals surface area contributed by atoms with E-state index in [9.17, 15) is 22.8 Å². The third-order valence-electron chi connectivity index (χ3n) is 1.99. The van der Waals surface area contributed by atoms with Gasteiger partial charge >= 0.3 is 5.97 Å². The fraction of sp³-hybridized carbons (Fsp3) is 0.625. The Morgan fingerprint density at radius 3 is 2.11 bits per heavy atom. The van der Waals surface area contributed by atoms with Gasteiger partial charge < -0.3 is 16.2 Å². The van der Waals surface area contributed by atoms with Gasteiger partial charge in [0.2, 0.25) is 5.91 Å². The molecule has 2 unspecified atom stereocenters. The van der Waals surface area contributed by atoms with E-state index >= 15 is 0 Å². The number of nitrogens with one attached hydrogen (secondary N) is 1. The van der Waals surface area contributed by atoms with Gasteiger partial charge in [-0.25, -0.2) is 0 Å². The highest BCUT2D eigenvalue weighted by Crippen LogP contribution is 2.06. The molecule has 0 aliphatic carbocycles. The van der Waals surface area contributed by atoms with Gasteiger partial charge in [0.25, 0.3) is 10.1 Å². The highest BCUT2D eigenvalue weighted by molar-refractivity contribution is 7.87. The van der Waals surface area contributed by atoms with Crippen LogP contribution in [-0.4, -0.2) is 53.6 Å². The second kappa shape index (κ2) is 6.42. The van der Waals surface area contributed by atoms with Crippen LogP contribution >= 0.6 is 0 Å². The zero-order valence-corrected chi connectivity index (χ0v) is 10.3. The van der Waals surface area contributed by atoms with Crippen molar-refractivity contribution in [1.82, 2.24) is 5.32 Å². The molecule has 5 N–H and O–H groups in total. The Kier molecular flexibility index (Phi) is 5.88. The van der Waals surface area contributed by atoms with E-state index in [1.54, 1.807) is 0 Å². The van der Waals surface area contributed by atoms with Gasteiger partial charge in [-0.2, -0.15) is 8.42 Å². The van der Waals surface area contributed by atoms with E-state index in [1.165, 1.54) is 0 Å². The fourth-order valence-electron chi connectivity index (χ4n) is 1.25. The average Bonchev–Trinajstić information content (AvgIpc) is 2.13. The Balaban J connectivity index is 5.15. The van der Waals surface area contributed by atoms with E-state index in [-0.39, 0.29) is 0 Å². The number of carboxylic acid groups (broad SMARTS) is 1. The number of ketones is 1. The third-order valence-corrected chi connectivity index (χ3v) is 3.13. The summed E-state index contributed by atoms with van der Waals surface area (Å²) in [5, 5.41) is 8.59. The molecule has 0 rings (SSSR count). The summed E-state index contributed by atoms with van der Waals surface area (Å²) >= 11 is 0. The van der Waals surface area contributed by atoms with Crippen molar-refractivity contribution in [3.63, 3.8) is 0 Å². The second-order valence-electron chi connectivity index (χ2n) is 3.49. The summed E-state index contributed by atoms with van der Waals surface area (Å²) in [5.74, 6) is -3.29. The Labute approximate surface area is 103 Å². The van der Waals surface area contributed by atoms with E-state index in [2.05, 4.69) is 0 Å². The minimum atomic E-state index is -4.75. The lowest BCUT2D eigenvalue weighted by molar-refractivity contribution is -0.140. The molecule has 0 fully saturated rings. The maximum absolute atomic E-state index is 11.7. The van der Waals surface area contributed by atoms with Crippen LogP contribution in [0.15, 0.2) is 0 Å². The molecule has 1 amide bonds. The van der Waals surface area contributed by atoms with Crippen molar-refractivity contribution in [2.45, 2.75) is 24.6 Å². The standard InChI is InChI=1S/C8H14N2O7S/c1-4(11)10-5(2-7(12)13)8(14)6(3-9)18(15,16)17/h5-6H,2-3,9H2,1H3,(H,10,11)(H,12,13)(H,15,16,17). The van der Waals surface area contributed by atoms with E-state index in [0.29, 0.717) is 0 Å². The number of hydrogen-bond acceptors (Lipinski definition) is 6. The van der Waals surface area contributed by atoms with Crippen LogP contribution in [0.3, 0.4) is 0 Å². The minimum absolute atomic E-state index is 0.708. The van der Waals surface area contributed by atoms with Gasteiger partial charge in [0, 0.05) is 13.5 Å². The molecule has 2 atom stereocenters. The molecule has 0 aliphatic rings. The molecule has 18 heavy (non-hydrogen) atoms. The topological polar surface area (TPSA) is 164 Å². The molecule has 104 valence electrons. The van der Waals surface area contributed by atoms with Crippen molar-refractivity contribution in [2.24, 2.45) is 5.73 Å². The van der Waals surface area contributed by atoms with Crippen LogP contribution in [0.25, 0.3) is 0 Å². The summed E-state index contributed by atoms with van der Waals surface area (Å²) in [6.07, 6.45) is -0.801. The molecule has 10 heteroatoms. The van der Waals surface area contributed by atoms with E-state index in [0.717, 1.165) is 6.92 Å². The summed E-state index contributed by atoms with van der Waals surface area (Å²) in [6, 6.07) is -1.56. The van der Waals surface area contributed by atoms with Crippen molar-refractivity contribution in [1.29, 1.82) is 0 Å². The maximum atomic E-state index is 11.7.